The van der Waals surface area contributed by atoms with Crippen LogP contribution in [0.1, 0.15) is 34.7 Å². The first-order chi connectivity index (χ1) is 13.8. The number of halogens is 4. The molecule has 2 aromatic carbocycles. The number of alkyl halides is 3. The number of hydrogen-bond acceptors (Lipinski definition) is 4. The Kier molecular flexibility index (Phi) is 5.04. The van der Waals surface area contributed by atoms with Crippen LogP contribution in [0.5, 0.6) is 0 Å². The fourth-order valence-electron chi connectivity index (χ4n) is 3.00. The average Bonchev–Trinajstić information content (AvgIpc) is 3.43. The first-order valence-electron chi connectivity index (χ1n) is 8.88. The standard InChI is InChI=1S/C20H15ClF3N3O2/c21-13-7-5-12(6-8-13)18-26-25-17(29-18)11-27(14-9-10-14)19(28)15-3-1-2-4-16(15)20(22,23)24/h1-8,14H,9-11H2. The van der Waals surface area contributed by atoms with Crippen LogP contribution in [0.15, 0.2) is 52.9 Å². The fourth-order valence-corrected chi connectivity index (χ4v) is 3.12. The van der Waals surface area contributed by atoms with Crippen LogP contribution in [0, 0.1) is 0 Å². The van der Waals surface area contributed by atoms with Gasteiger partial charge in [-0.3, -0.25) is 4.79 Å². The Balaban J connectivity index is 1.59. The summed E-state index contributed by atoms with van der Waals surface area (Å²) in [5.41, 5.74) is -0.688. The Morgan fingerprint density at radius 1 is 1.10 bits per heavy atom. The van der Waals surface area contributed by atoms with Crippen molar-refractivity contribution < 1.29 is 22.4 Å². The number of amides is 1. The van der Waals surface area contributed by atoms with Crippen molar-refractivity contribution in [3.63, 3.8) is 0 Å². The smallest absolute Gasteiger partial charge is 0.417 e. The maximum absolute atomic E-state index is 13.3. The molecular weight excluding hydrogens is 407 g/mol. The Morgan fingerprint density at radius 3 is 2.45 bits per heavy atom. The summed E-state index contributed by atoms with van der Waals surface area (Å²) in [5, 5.41) is 8.46. The molecule has 3 aromatic rings. The molecule has 0 N–H and O–H groups in total. The molecule has 1 aromatic heterocycles. The molecule has 0 saturated heterocycles. The minimum atomic E-state index is -4.62. The summed E-state index contributed by atoms with van der Waals surface area (Å²) in [7, 11) is 0. The molecule has 4 rings (SSSR count). The van der Waals surface area contributed by atoms with Gasteiger partial charge < -0.3 is 9.32 Å². The van der Waals surface area contributed by atoms with Gasteiger partial charge in [0.15, 0.2) is 0 Å². The lowest BCUT2D eigenvalue weighted by molar-refractivity contribution is -0.138. The predicted octanol–water partition coefficient (Wildman–Crippen LogP) is 5.21. The summed E-state index contributed by atoms with van der Waals surface area (Å²) in [6.45, 7) is -0.0592. The second-order valence-corrected chi connectivity index (χ2v) is 7.15. The van der Waals surface area contributed by atoms with Gasteiger partial charge in [-0.25, -0.2) is 0 Å². The van der Waals surface area contributed by atoms with Crippen molar-refractivity contribution in [2.45, 2.75) is 31.6 Å². The number of carbonyl (C=O) groups excluding carboxylic acids is 1. The van der Waals surface area contributed by atoms with Crippen molar-refractivity contribution in [2.75, 3.05) is 0 Å². The minimum Gasteiger partial charge on any atom is -0.419 e. The monoisotopic (exact) mass is 421 g/mol. The second kappa shape index (κ2) is 7.51. The maximum atomic E-state index is 13.3. The van der Waals surface area contributed by atoms with Crippen LogP contribution in [-0.4, -0.2) is 27.0 Å². The van der Waals surface area contributed by atoms with Gasteiger partial charge in [0, 0.05) is 16.6 Å². The largest absolute Gasteiger partial charge is 0.419 e. The molecule has 1 amide bonds. The van der Waals surface area contributed by atoms with Crippen molar-refractivity contribution in [1.29, 1.82) is 0 Å². The van der Waals surface area contributed by atoms with E-state index < -0.39 is 17.6 Å². The molecule has 29 heavy (non-hydrogen) atoms. The van der Waals surface area contributed by atoms with Crippen molar-refractivity contribution in [2.24, 2.45) is 0 Å². The topological polar surface area (TPSA) is 59.2 Å². The number of benzene rings is 2. The highest BCUT2D eigenvalue weighted by Gasteiger charge is 2.39. The van der Waals surface area contributed by atoms with E-state index in [1.54, 1.807) is 24.3 Å². The van der Waals surface area contributed by atoms with Crippen LogP contribution in [0.4, 0.5) is 13.2 Å². The van der Waals surface area contributed by atoms with E-state index in [9.17, 15) is 18.0 Å². The molecule has 0 spiro atoms. The Hall–Kier alpha value is -2.87. The Labute approximate surface area is 169 Å². The molecule has 1 aliphatic carbocycles. The Morgan fingerprint density at radius 2 is 1.79 bits per heavy atom. The van der Waals surface area contributed by atoms with Crippen molar-refractivity contribution in [3.05, 3.63) is 70.6 Å². The van der Waals surface area contributed by atoms with Crippen LogP contribution in [0.25, 0.3) is 11.5 Å². The first-order valence-corrected chi connectivity index (χ1v) is 9.26. The summed E-state index contributed by atoms with van der Waals surface area (Å²) >= 11 is 5.86. The number of aromatic nitrogens is 2. The van der Waals surface area contributed by atoms with E-state index in [4.69, 9.17) is 16.0 Å². The highest BCUT2D eigenvalue weighted by molar-refractivity contribution is 6.30. The minimum absolute atomic E-state index is 0.0592. The number of hydrogen-bond donors (Lipinski definition) is 0. The summed E-state index contributed by atoms with van der Waals surface area (Å²) in [6.07, 6.45) is -3.18. The molecule has 1 heterocycles. The van der Waals surface area contributed by atoms with Gasteiger partial charge in [0.05, 0.1) is 17.7 Å². The van der Waals surface area contributed by atoms with Gasteiger partial charge in [-0.2, -0.15) is 13.2 Å². The molecule has 0 bridgehead atoms. The van der Waals surface area contributed by atoms with Gasteiger partial charge in [0.1, 0.15) is 0 Å². The van der Waals surface area contributed by atoms with Crippen molar-refractivity contribution in [1.82, 2.24) is 15.1 Å². The van der Waals surface area contributed by atoms with Gasteiger partial charge in [0.2, 0.25) is 11.8 Å². The van der Waals surface area contributed by atoms with Crippen molar-refractivity contribution >= 4 is 17.5 Å². The molecule has 0 radical (unpaired) electrons. The normalized spacial score (nSPS) is 14.1. The molecule has 5 nitrogen and oxygen atoms in total. The van der Waals surface area contributed by atoms with Crippen LogP contribution < -0.4 is 0 Å². The number of rotatable bonds is 5. The Bertz CT molecular complexity index is 1030. The van der Waals surface area contributed by atoms with Gasteiger partial charge in [-0.05, 0) is 49.2 Å². The van der Waals surface area contributed by atoms with Crippen molar-refractivity contribution in [3.8, 4) is 11.5 Å². The predicted molar refractivity (Wildman–Crippen MR) is 99.1 cm³/mol. The molecule has 0 unspecified atom stereocenters. The molecule has 1 saturated carbocycles. The lowest BCUT2D eigenvalue weighted by Crippen LogP contribution is -2.34. The third kappa shape index (κ3) is 4.27. The van der Waals surface area contributed by atoms with E-state index in [0.717, 1.165) is 18.9 Å². The number of nitrogens with zero attached hydrogens (tertiary/aromatic N) is 3. The molecule has 0 aliphatic heterocycles. The van der Waals surface area contributed by atoms with Gasteiger partial charge in [0.25, 0.3) is 5.91 Å². The molecule has 1 aliphatic rings. The highest BCUT2D eigenvalue weighted by Crippen LogP contribution is 2.35. The third-order valence-corrected chi connectivity index (χ3v) is 4.83. The summed E-state index contributed by atoms with van der Waals surface area (Å²) in [6, 6.07) is 11.4. The average molecular weight is 422 g/mol. The van der Waals surface area contributed by atoms with E-state index in [0.29, 0.717) is 10.6 Å². The van der Waals surface area contributed by atoms with Crippen LogP contribution in [-0.2, 0) is 12.7 Å². The second-order valence-electron chi connectivity index (χ2n) is 6.72. The highest BCUT2D eigenvalue weighted by atomic mass is 35.5. The summed E-state index contributed by atoms with van der Waals surface area (Å²) in [4.78, 5) is 14.3. The lowest BCUT2D eigenvalue weighted by atomic mass is 10.1. The molecule has 1 fully saturated rings. The molecule has 0 atom stereocenters. The summed E-state index contributed by atoms with van der Waals surface area (Å²) < 4.78 is 45.6. The quantitative estimate of drug-likeness (QED) is 0.567. The van der Waals surface area contributed by atoms with Crippen LogP contribution in [0.3, 0.4) is 0 Å². The van der Waals surface area contributed by atoms with E-state index in [2.05, 4.69) is 10.2 Å². The van der Waals surface area contributed by atoms with E-state index in [1.807, 2.05) is 0 Å². The molecular formula is C20H15ClF3N3O2. The third-order valence-electron chi connectivity index (χ3n) is 4.58. The fraction of sp³-hybridized carbons (Fsp3) is 0.250. The molecule has 150 valence electrons. The van der Waals surface area contributed by atoms with E-state index >= 15 is 0 Å². The first kappa shape index (κ1) is 19.4. The van der Waals surface area contributed by atoms with Crippen LogP contribution in [0.2, 0.25) is 5.02 Å². The maximum Gasteiger partial charge on any atom is 0.417 e. The molecule has 9 heteroatoms. The summed E-state index contributed by atoms with van der Waals surface area (Å²) in [5.74, 6) is -0.304. The van der Waals surface area contributed by atoms with Gasteiger partial charge in [-0.15, -0.1) is 10.2 Å². The SMILES string of the molecule is O=C(c1ccccc1C(F)(F)F)N(Cc1nnc(-c2ccc(Cl)cc2)o1)C1CC1. The van der Waals surface area contributed by atoms with Gasteiger partial charge in [-0.1, -0.05) is 23.7 Å². The van der Waals surface area contributed by atoms with E-state index in [-0.39, 0.29) is 29.9 Å². The zero-order valence-corrected chi connectivity index (χ0v) is 15.7. The number of carbonyl (C=O) groups is 1. The van der Waals surface area contributed by atoms with Crippen LogP contribution >= 0.6 is 11.6 Å². The van der Waals surface area contributed by atoms with Gasteiger partial charge >= 0.3 is 6.18 Å². The zero-order chi connectivity index (χ0) is 20.6. The zero-order valence-electron chi connectivity index (χ0n) is 15.0. The lowest BCUT2D eigenvalue weighted by Gasteiger charge is -2.22. The van der Waals surface area contributed by atoms with E-state index in [1.165, 1.54) is 23.1 Å².